The molecule has 0 bridgehead atoms. The van der Waals surface area contributed by atoms with E-state index in [9.17, 15) is 9.59 Å². The van der Waals surface area contributed by atoms with Gasteiger partial charge in [0.15, 0.2) is 0 Å². The molecule has 1 unspecified atom stereocenters. The van der Waals surface area contributed by atoms with E-state index in [1.165, 1.54) is 11.8 Å². The van der Waals surface area contributed by atoms with Crippen LogP contribution in [0.3, 0.4) is 0 Å². The minimum absolute atomic E-state index is 0.0516. The fourth-order valence-corrected chi connectivity index (χ4v) is 4.32. The van der Waals surface area contributed by atoms with Crippen LogP contribution in [0.5, 0.6) is 5.75 Å². The quantitative estimate of drug-likeness (QED) is 0.525. The molecule has 2 aromatic rings. The van der Waals surface area contributed by atoms with Crippen molar-refractivity contribution < 1.29 is 14.3 Å². The zero-order valence-corrected chi connectivity index (χ0v) is 17.2. The molecule has 1 heterocycles. The van der Waals surface area contributed by atoms with Gasteiger partial charge in [-0.3, -0.25) is 9.59 Å². The van der Waals surface area contributed by atoms with Gasteiger partial charge in [-0.25, -0.2) is 0 Å². The average Bonchev–Trinajstić information content (AvgIpc) is 2.96. The van der Waals surface area contributed by atoms with Crippen LogP contribution >= 0.6 is 24.4 Å². The van der Waals surface area contributed by atoms with Gasteiger partial charge >= 0.3 is 0 Å². The van der Waals surface area contributed by atoms with Crippen LogP contribution in [-0.4, -0.2) is 35.1 Å². The highest BCUT2D eigenvalue weighted by Crippen LogP contribution is 2.38. The van der Waals surface area contributed by atoms with Crippen LogP contribution in [0.4, 0.5) is 5.69 Å². The van der Waals surface area contributed by atoms with Gasteiger partial charge in [-0.05, 0) is 42.3 Å². The zero-order valence-electron chi connectivity index (χ0n) is 15.5. The zero-order chi connectivity index (χ0) is 19.9. The van der Waals surface area contributed by atoms with Gasteiger partial charge in [0.05, 0.1) is 12.0 Å². The van der Waals surface area contributed by atoms with E-state index < -0.39 is 0 Å². The summed E-state index contributed by atoms with van der Waals surface area (Å²) >= 11 is 5.93. The van der Waals surface area contributed by atoms with Gasteiger partial charge in [0.1, 0.15) is 10.5 Å². The average molecular weight is 415 g/mol. The topological polar surface area (TPSA) is 58.6 Å². The normalized spacial score (nSPS) is 17.8. The molecular weight excluding hydrogens is 392 g/mol. The lowest BCUT2D eigenvalue weighted by atomic mass is 10.2. The van der Waals surface area contributed by atoms with Crippen LogP contribution in [0.15, 0.2) is 59.5 Å². The van der Waals surface area contributed by atoms with E-state index >= 15 is 0 Å². The van der Waals surface area contributed by atoms with Crippen molar-refractivity contribution in [2.24, 2.45) is 0 Å². The molecule has 1 aliphatic heterocycles. The fourth-order valence-electron chi connectivity index (χ4n) is 2.78. The molecule has 28 heavy (non-hydrogen) atoms. The standard InChI is InChI=1S/C21H22N2O3S2/c1-26-17-11-9-15(10-12-17)14-18-20(25)23(21(27)28-18)13-5-8-19(24)22-16-6-3-2-4-7-16/h2-4,6-7,9-12,14,21,27H,5,8,13H2,1H3,(H,22,24)/b18-14-. The lowest BCUT2D eigenvalue weighted by molar-refractivity contribution is -0.125. The number of benzene rings is 2. The number of nitrogens with one attached hydrogen (secondary N) is 1. The summed E-state index contributed by atoms with van der Waals surface area (Å²) in [6, 6.07) is 16.9. The Bertz CT molecular complexity index is 854. The first-order valence-corrected chi connectivity index (χ1v) is 10.3. The first kappa shape index (κ1) is 20.4. The molecule has 5 nitrogen and oxygen atoms in total. The molecule has 146 valence electrons. The summed E-state index contributed by atoms with van der Waals surface area (Å²) in [6.45, 7) is 0.488. The van der Waals surface area contributed by atoms with E-state index in [0.29, 0.717) is 24.3 Å². The first-order chi connectivity index (χ1) is 13.6. The Morgan fingerprint density at radius 2 is 1.93 bits per heavy atom. The summed E-state index contributed by atoms with van der Waals surface area (Å²) in [6.07, 6.45) is 2.79. The van der Waals surface area contributed by atoms with Crippen molar-refractivity contribution in [3.63, 3.8) is 0 Å². The Labute approximate surface area is 174 Å². The minimum Gasteiger partial charge on any atom is -0.497 e. The molecule has 0 radical (unpaired) electrons. The van der Waals surface area contributed by atoms with Crippen molar-refractivity contribution in [2.75, 3.05) is 19.0 Å². The van der Waals surface area contributed by atoms with Crippen molar-refractivity contribution in [1.29, 1.82) is 0 Å². The smallest absolute Gasteiger partial charge is 0.261 e. The molecule has 1 fully saturated rings. The summed E-state index contributed by atoms with van der Waals surface area (Å²) in [5, 5.41) is 2.85. The first-order valence-electron chi connectivity index (χ1n) is 8.93. The molecule has 2 amide bonds. The molecule has 1 atom stereocenters. The van der Waals surface area contributed by atoms with Gasteiger partial charge < -0.3 is 15.0 Å². The Balaban J connectivity index is 1.52. The number of ether oxygens (including phenoxy) is 1. The number of methoxy groups -OCH3 is 1. The Morgan fingerprint density at radius 1 is 1.21 bits per heavy atom. The molecule has 1 saturated heterocycles. The van der Waals surface area contributed by atoms with Crippen molar-refractivity contribution in [2.45, 2.75) is 17.5 Å². The number of hydrogen-bond donors (Lipinski definition) is 2. The van der Waals surface area contributed by atoms with Crippen molar-refractivity contribution in [1.82, 2.24) is 4.90 Å². The number of thiol groups is 1. The van der Waals surface area contributed by atoms with E-state index in [2.05, 4.69) is 17.9 Å². The Hall–Kier alpha value is -2.38. The molecule has 2 aromatic carbocycles. The molecule has 1 N–H and O–H groups in total. The van der Waals surface area contributed by atoms with Crippen LogP contribution in [0.2, 0.25) is 0 Å². The molecule has 0 aromatic heterocycles. The van der Waals surface area contributed by atoms with Crippen LogP contribution in [-0.2, 0) is 9.59 Å². The van der Waals surface area contributed by atoms with Gasteiger partial charge in [0.2, 0.25) is 5.91 Å². The van der Waals surface area contributed by atoms with Crippen LogP contribution < -0.4 is 10.1 Å². The van der Waals surface area contributed by atoms with Gasteiger partial charge in [-0.2, -0.15) is 0 Å². The highest BCUT2D eigenvalue weighted by Gasteiger charge is 2.33. The molecule has 0 saturated carbocycles. The third-order valence-corrected chi connectivity index (χ3v) is 5.85. The molecule has 1 aliphatic rings. The molecule has 7 heteroatoms. The van der Waals surface area contributed by atoms with Gasteiger partial charge in [-0.1, -0.05) is 42.1 Å². The highest BCUT2D eigenvalue weighted by atomic mass is 32.2. The number of carbonyl (C=O) groups excluding carboxylic acids is 2. The lowest BCUT2D eigenvalue weighted by Gasteiger charge is -2.18. The van der Waals surface area contributed by atoms with Crippen LogP contribution in [0.25, 0.3) is 6.08 Å². The van der Waals surface area contributed by atoms with Crippen LogP contribution in [0.1, 0.15) is 18.4 Å². The summed E-state index contributed by atoms with van der Waals surface area (Å²) in [5.41, 5.74) is 1.71. The number of rotatable bonds is 7. The minimum atomic E-state index is -0.241. The van der Waals surface area contributed by atoms with E-state index in [0.717, 1.165) is 17.0 Å². The predicted octanol–water partition coefficient (Wildman–Crippen LogP) is 4.24. The maximum Gasteiger partial charge on any atom is 0.261 e. The van der Waals surface area contributed by atoms with E-state index in [1.54, 1.807) is 12.0 Å². The second-order valence-electron chi connectivity index (χ2n) is 6.24. The van der Waals surface area contributed by atoms with Gasteiger partial charge in [0, 0.05) is 18.7 Å². The number of thioether (sulfide) groups is 1. The third-order valence-electron chi connectivity index (χ3n) is 4.24. The van der Waals surface area contributed by atoms with E-state index in [4.69, 9.17) is 4.74 Å². The molecule has 0 spiro atoms. The van der Waals surface area contributed by atoms with E-state index in [-0.39, 0.29) is 16.5 Å². The predicted molar refractivity (Wildman–Crippen MR) is 117 cm³/mol. The second kappa shape index (κ2) is 9.71. The maximum absolute atomic E-state index is 12.7. The maximum atomic E-state index is 12.7. The second-order valence-corrected chi connectivity index (χ2v) is 8.20. The van der Waals surface area contributed by atoms with Crippen molar-refractivity contribution in [3.8, 4) is 5.75 Å². The Morgan fingerprint density at radius 3 is 2.61 bits per heavy atom. The summed E-state index contributed by atoms with van der Waals surface area (Å²) in [7, 11) is 1.62. The summed E-state index contributed by atoms with van der Waals surface area (Å²) in [5.74, 6) is 0.662. The number of carbonyl (C=O) groups is 2. The van der Waals surface area contributed by atoms with Gasteiger partial charge in [0.25, 0.3) is 5.91 Å². The van der Waals surface area contributed by atoms with E-state index in [1.807, 2.05) is 60.7 Å². The Kier molecular flexibility index (Phi) is 7.06. The highest BCUT2D eigenvalue weighted by molar-refractivity contribution is 8.14. The monoisotopic (exact) mass is 414 g/mol. The lowest BCUT2D eigenvalue weighted by Crippen LogP contribution is -2.31. The molecular formula is C21H22N2O3S2. The SMILES string of the molecule is COc1ccc(/C=C2\SC(S)N(CCCC(=O)Nc3ccccc3)C2=O)cc1. The largest absolute Gasteiger partial charge is 0.497 e. The van der Waals surface area contributed by atoms with Crippen molar-refractivity contribution >= 4 is 48.0 Å². The van der Waals surface area contributed by atoms with Crippen molar-refractivity contribution in [3.05, 3.63) is 65.1 Å². The number of anilines is 1. The third kappa shape index (κ3) is 5.33. The number of nitrogens with zero attached hydrogens (tertiary/aromatic N) is 1. The molecule has 0 aliphatic carbocycles. The number of para-hydroxylation sites is 1. The fraction of sp³-hybridized carbons (Fsp3) is 0.238. The number of amides is 2. The molecule has 3 rings (SSSR count). The van der Waals surface area contributed by atoms with Gasteiger partial charge in [-0.15, -0.1) is 12.6 Å². The summed E-state index contributed by atoms with van der Waals surface area (Å²) in [4.78, 5) is 27.1. The summed E-state index contributed by atoms with van der Waals surface area (Å²) < 4.78 is 4.91. The number of hydrogen-bond acceptors (Lipinski definition) is 5. The van der Waals surface area contributed by atoms with Crippen LogP contribution in [0, 0.1) is 0 Å².